The van der Waals surface area contributed by atoms with E-state index in [0.29, 0.717) is 23.5 Å². The van der Waals surface area contributed by atoms with Gasteiger partial charge in [0, 0.05) is 24.7 Å². The summed E-state index contributed by atoms with van der Waals surface area (Å²) in [6, 6.07) is 8.15. The Labute approximate surface area is 167 Å². The summed E-state index contributed by atoms with van der Waals surface area (Å²) in [7, 11) is 1.65. The van der Waals surface area contributed by atoms with Crippen LogP contribution in [-0.2, 0) is 5.75 Å². The van der Waals surface area contributed by atoms with E-state index in [0.717, 1.165) is 35.5 Å². The van der Waals surface area contributed by atoms with Crippen LogP contribution < -0.4 is 9.64 Å². The highest BCUT2D eigenvalue weighted by Gasteiger charge is 2.32. The Bertz CT molecular complexity index is 944. The van der Waals surface area contributed by atoms with Crippen molar-refractivity contribution in [3.63, 3.8) is 0 Å². The van der Waals surface area contributed by atoms with Crippen LogP contribution in [0.15, 0.2) is 33.9 Å². The summed E-state index contributed by atoms with van der Waals surface area (Å²) in [5.41, 5.74) is 0.901. The van der Waals surface area contributed by atoms with Gasteiger partial charge in [0.15, 0.2) is 5.16 Å². The minimum absolute atomic E-state index is 0.533. The second kappa shape index (κ2) is 7.46. The van der Waals surface area contributed by atoms with Crippen molar-refractivity contribution in [1.82, 2.24) is 24.9 Å². The molecule has 3 heterocycles. The van der Waals surface area contributed by atoms with E-state index in [1.165, 1.54) is 25.7 Å². The van der Waals surface area contributed by atoms with E-state index in [1.807, 2.05) is 24.3 Å². The predicted octanol–water partition coefficient (Wildman–Crippen LogP) is 3.56. The Kier molecular flexibility index (Phi) is 4.67. The normalized spacial score (nSPS) is 16.7. The maximum atomic E-state index is 5.44. The predicted molar refractivity (Wildman–Crippen MR) is 106 cm³/mol. The van der Waals surface area contributed by atoms with Gasteiger partial charge in [0.05, 0.1) is 12.9 Å². The smallest absolute Gasteiger partial charge is 0.237 e. The van der Waals surface area contributed by atoms with Gasteiger partial charge in [-0.05, 0) is 49.9 Å². The number of thioether (sulfide) groups is 1. The third kappa shape index (κ3) is 3.46. The van der Waals surface area contributed by atoms with E-state index in [9.17, 15) is 0 Å². The van der Waals surface area contributed by atoms with Crippen LogP contribution in [0.3, 0.4) is 0 Å². The Hall–Kier alpha value is -2.55. The second-order valence-electron chi connectivity index (χ2n) is 7.11. The minimum atomic E-state index is 0.533. The molecule has 0 amide bonds. The van der Waals surface area contributed by atoms with Crippen LogP contribution in [0.25, 0.3) is 11.4 Å². The molecule has 2 aromatic heterocycles. The molecule has 3 aromatic rings. The molecule has 1 aliphatic carbocycles. The first kappa shape index (κ1) is 17.5. The molecule has 146 valence electrons. The maximum Gasteiger partial charge on any atom is 0.237 e. The third-order valence-electron chi connectivity index (χ3n) is 5.09. The summed E-state index contributed by atoms with van der Waals surface area (Å²) >= 11 is 1.61. The Morgan fingerprint density at radius 2 is 1.93 bits per heavy atom. The highest BCUT2D eigenvalue weighted by molar-refractivity contribution is 7.98. The average Bonchev–Trinajstić information content (AvgIpc) is 3.16. The van der Waals surface area contributed by atoms with Crippen LogP contribution in [0.4, 0.5) is 5.95 Å². The van der Waals surface area contributed by atoms with Crippen molar-refractivity contribution in [2.45, 2.75) is 42.6 Å². The molecule has 28 heavy (non-hydrogen) atoms. The van der Waals surface area contributed by atoms with E-state index in [-0.39, 0.29) is 0 Å². The van der Waals surface area contributed by atoms with Crippen molar-refractivity contribution < 1.29 is 9.26 Å². The molecule has 0 atom stereocenters. The zero-order valence-corrected chi connectivity index (χ0v) is 16.6. The molecular formula is C19H22N6O2S. The Morgan fingerprint density at radius 1 is 1.14 bits per heavy atom. The van der Waals surface area contributed by atoms with Crippen LogP contribution in [-0.4, -0.2) is 45.1 Å². The number of aromatic nitrogens is 5. The number of anilines is 1. The first-order chi connectivity index (χ1) is 13.8. The molecule has 8 nitrogen and oxygen atoms in total. The number of nitrogens with zero attached hydrogens (tertiary/aromatic N) is 6. The first-order valence-corrected chi connectivity index (χ1v) is 10.6. The lowest BCUT2D eigenvalue weighted by molar-refractivity contribution is 0.391. The Morgan fingerprint density at radius 3 is 2.64 bits per heavy atom. The topological polar surface area (TPSA) is 82.1 Å². The van der Waals surface area contributed by atoms with Gasteiger partial charge in [-0.15, -0.1) is 10.2 Å². The molecule has 2 aliphatic rings. The fourth-order valence-electron chi connectivity index (χ4n) is 3.45. The molecule has 1 saturated heterocycles. The molecule has 1 aromatic carbocycles. The van der Waals surface area contributed by atoms with Crippen LogP contribution >= 0.6 is 11.8 Å². The molecule has 0 bridgehead atoms. The SMILES string of the molecule is COc1ccc(-c2noc(CSc3nnc(N4CCCC4)n3C3CC3)n2)cc1. The van der Waals surface area contributed by atoms with Gasteiger partial charge in [-0.2, -0.15) is 4.98 Å². The summed E-state index contributed by atoms with van der Waals surface area (Å²) in [5.74, 6) is 3.57. The van der Waals surface area contributed by atoms with E-state index >= 15 is 0 Å². The lowest BCUT2D eigenvalue weighted by atomic mass is 10.2. The molecule has 0 N–H and O–H groups in total. The summed E-state index contributed by atoms with van der Waals surface area (Å²) in [6.45, 7) is 2.15. The minimum Gasteiger partial charge on any atom is -0.497 e. The van der Waals surface area contributed by atoms with Crippen molar-refractivity contribution in [3.05, 3.63) is 30.2 Å². The van der Waals surface area contributed by atoms with Crippen LogP contribution in [0.5, 0.6) is 5.75 Å². The van der Waals surface area contributed by atoms with Gasteiger partial charge >= 0.3 is 0 Å². The van der Waals surface area contributed by atoms with Gasteiger partial charge in [0.2, 0.25) is 17.7 Å². The number of benzene rings is 1. The van der Waals surface area contributed by atoms with Crippen molar-refractivity contribution in [3.8, 4) is 17.1 Å². The van der Waals surface area contributed by atoms with Gasteiger partial charge in [-0.25, -0.2) is 0 Å². The number of rotatable bonds is 7. The highest BCUT2D eigenvalue weighted by Crippen LogP contribution is 2.41. The lowest BCUT2D eigenvalue weighted by Crippen LogP contribution is -2.22. The summed E-state index contributed by atoms with van der Waals surface area (Å²) in [5, 5.41) is 14.0. The third-order valence-corrected chi connectivity index (χ3v) is 6.02. The van der Waals surface area contributed by atoms with Gasteiger partial charge in [-0.1, -0.05) is 16.9 Å². The average molecular weight is 398 g/mol. The molecule has 9 heteroatoms. The monoisotopic (exact) mass is 398 g/mol. The van der Waals surface area contributed by atoms with Crippen molar-refractivity contribution in [2.75, 3.05) is 25.1 Å². The number of methoxy groups -OCH3 is 1. The van der Waals surface area contributed by atoms with E-state index in [1.54, 1.807) is 18.9 Å². The summed E-state index contributed by atoms with van der Waals surface area (Å²) in [4.78, 5) is 6.87. The fraction of sp³-hybridized carbons (Fsp3) is 0.474. The molecule has 0 unspecified atom stereocenters. The van der Waals surface area contributed by atoms with Gasteiger partial charge in [-0.3, -0.25) is 4.57 Å². The number of hydrogen-bond acceptors (Lipinski definition) is 8. The summed E-state index contributed by atoms with van der Waals surface area (Å²) in [6.07, 6.45) is 4.87. The molecule has 0 spiro atoms. The van der Waals surface area contributed by atoms with E-state index < -0.39 is 0 Å². The standard InChI is InChI=1S/C19H22N6O2S/c1-26-15-8-4-13(5-9-15)17-20-16(27-23-17)12-28-19-22-21-18(24-10-2-3-11-24)25(19)14-6-7-14/h4-5,8-9,14H,2-3,6-7,10-12H2,1H3. The molecule has 1 aliphatic heterocycles. The van der Waals surface area contributed by atoms with E-state index in [4.69, 9.17) is 9.26 Å². The number of hydrogen-bond donors (Lipinski definition) is 0. The maximum absolute atomic E-state index is 5.44. The zero-order valence-electron chi connectivity index (χ0n) is 15.7. The van der Waals surface area contributed by atoms with Gasteiger partial charge < -0.3 is 14.2 Å². The highest BCUT2D eigenvalue weighted by atomic mass is 32.2. The van der Waals surface area contributed by atoms with Crippen LogP contribution in [0.2, 0.25) is 0 Å². The fourth-order valence-corrected chi connectivity index (χ4v) is 4.29. The van der Waals surface area contributed by atoms with Crippen LogP contribution in [0, 0.1) is 0 Å². The quantitative estimate of drug-likeness (QED) is 0.559. The van der Waals surface area contributed by atoms with Gasteiger partial charge in [0.25, 0.3) is 0 Å². The molecular weight excluding hydrogens is 376 g/mol. The summed E-state index contributed by atoms with van der Waals surface area (Å²) < 4.78 is 12.9. The van der Waals surface area contributed by atoms with Gasteiger partial charge in [0.1, 0.15) is 5.75 Å². The molecule has 5 rings (SSSR count). The largest absolute Gasteiger partial charge is 0.497 e. The van der Waals surface area contributed by atoms with E-state index in [2.05, 4.69) is 29.8 Å². The second-order valence-corrected chi connectivity index (χ2v) is 8.05. The Balaban J connectivity index is 1.29. The number of ether oxygens (including phenoxy) is 1. The first-order valence-electron chi connectivity index (χ1n) is 9.61. The van der Waals surface area contributed by atoms with Crippen molar-refractivity contribution in [2.24, 2.45) is 0 Å². The van der Waals surface area contributed by atoms with Crippen molar-refractivity contribution in [1.29, 1.82) is 0 Å². The molecule has 2 fully saturated rings. The lowest BCUT2D eigenvalue weighted by Gasteiger charge is -2.17. The molecule has 1 saturated carbocycles. The molecule has 0 radical (unpaired) electrons. The van der Waals surface area contributed by atoms with Crippen LogP contribution in [0.1, 0.15) is 37.6 Å². The zero-order chi connectivity index (χ0) is 18.9. The van der Waals surface area contributed by atoms with Crippen molar-refractivity contribution >= 4 is 17.7 Å².